The van der Waals surface area contributed by atoms with Crippen LogP contribution in [0, 0.1) is 6.92 Å². The fourth-order valence-corrected chi connectivity index (χ4v) is 2.21. The molecule has 13 heavy (non-hydrogen) atoms. The minimum absolute atomic E-state index is 0.0420. The van der Waals surface area contributed by atoms with Crippen molar-refractivity contribution in [2.75, 3.05) is 0 Å². The molecule has 1 aliphatic carbocycles. The maximum absolute atomic E-state index is 13.4. The van der Waals surface area contributed by atoms with Gasteiger partial charge in [-0.25, -0.2) is 8.78 Å². The van der Waals surface area contributed by atoms with Crippen molar-refractivity contribution in [1.29, 1.82) is 0 Å². The van der Waals surface area contributed by atoms with Crippen molar-refractivity contribution in [3.8, 4) is 0 Å². The average molecular weight is 247 g/mol. The fraction of sp³-hybridized carbons (Fsp3) is 0.400. The first-order chi connectivity index (χ1) is 6.02. The summed E-state index contributed by atoms with van der Waals surface area (Å²) in [5, 5.41) is 0. The second kappa shape index (κ2) is 2.77. The molecule has 0 N–H and O–H groups in total. The van der Waals surface area contributed by atoms with E-state index < -0.39 is 5.92 Å². The number of hydrogen-bond donors (Lipinski definition) is 0. The molecule has 1 aliphatic rings. The summed E-state index contributed by atoms with van der Waals surface area (Å²) in [6, 6.07) is 3.63. The van der Waals surface area contributed by atoms with Crippen LogP contribution >= 0.6 is 15.9 Å². The van der Waals surface area contributed by atoms with E-state index in [1.54, 1.807) is 13.0 Å². The molecule has 0 saturated carbocycles. The molecule has 3 heteroatoms. The zero-order valence-electron chi connectivity index (χ0n) is 7.20. The highest BCUT2D eigenvalue weighted by Crippen LogP contribution is 2.44. The van der Waals surface area contributed by atoms with Crippen molar-refractivity contribution in [1.82, 2.24) is 0 Å². The Balaban J connectivity index is 2.68. The SMILES string of the molecule is Cc1c(Br)ccc2c1C(F)(F)CC2. The van der Waals surface area contributed by atoms with Crippen LogP contribution in [-0.2, 0) is 12.3 Å². The number of rotatable bonds is 0. The van der Waals surface area contributed by atoms with Crippen molar-refractivity contribution in [2.24, 2.45) is 0 Å². The Hall–Kier alpha value is -0.440. The Bertz CT molecular complexity index is 358. The molecule has 0 radical (unpaired) electrons. The number of halogens is 3. The summed E-state index contributed by atoms with van der Waals surface area (Å²) in [4.78, 5) is 0. The molecule has 0 saturated heterocycles. The Morgan fingerprint density at radius 1 is 1.38 bits per heavy atom. The standard InChI is InChI=1S/C10H9BrF2/c1-6-8(11)3-2-7-4-5-10(12,13)9(6)7/h2-3H,4-5H2,1H3. The van der Waals surface area contributed by atoms with Gasteiger partial charge in [-0.15, -0.1) is 0 Å². The van der Waals surface area contributed by atoms with Crippen molar-refractivity contribution in [3.05, 3.63) is 33.3 Å². The van der Waals surface area contributed by atoms with Gasteiger partial charge in [-0.2, -0.15) is 0 Å². The van der Waals surface area contributed by atoms with E-state index in [1.807, 2.05) is 6.07 Å². The minimum atomic E-state index is -2.62. The van der Waals surface area contributed by atoms with Gasteiger partial charge in [0.25, 0.3) is 5.92 Å². The van der Waals surface area contributed by atoms with E-state index in [9.17, 15) is 8.78 Å². The Labute approximate surface area is 84.1 Å². The molecular formula is C10H9BrF2. The van der Waals surface area contributed by atoms with E-state index >= 15 is 0 Å². The molecule has 0 heterocycles. The molecule has 0 unspecified atom stereocenters. The molecule has 0 spiro atoms. The number of fused-ring (bicyclic) bond motifs is 1. The molecule has 0 aliphatic heterocycles. The molecular weight excluding hydrogens is 238 g/mol. The first-order valence-corrected chi connectivity index (χ1v) is 4.98. The lowest BCUT2D eigenvalue weighted by molar-refractivity contribution is -0.00244. The van der Waals surface area contributed by atoms with Crippen LogP contribution in [0.2, 0.25) is 0 Å². The number of alkyl halides is 2. The zero-order valence-corrected chi connectivity index (χ0v) is 8.79. The molecule has 0 atom stereocenters. The van der Waals surface area contributed by atoms with Crippen LogP contribution in [0.15, 0.2) is 16.6 Å². The average Bonchev–Trinajstić information content (AvgIpc) is 2.35. The Morgan fingerprint density at radius 3 is 2.77 bits per heavy atom. The third-order valence-corrected chi connectivity index (χ3v) is 3.42. The zero-order chi connectivity index (χ0) is 9.64. The minimum Gasteiger partial charge on any atom is -0.201 e. The van der Waals surface area contributed by atoms with Crippen molar-refractivity contribution >= 4 is 15.9 Å². The summed E-state index contributed by atoms with van der Waals surface area (Å²) in [5.41, 5.74) is 1.72. The highest BCUT2D eigenvalue weighted by molar-refractivity contribution is 9.10. The molecule has 1 aromatic carbocycles. The summed E-state index contributed by atoms with van der Waals surface area (Å²) in [6.45, 7) is 1.74. The molecule has 0 fully saturated rings. The van der Waals surface area contributed by atoms with Gasteiger partial charge in [0.1, 0.15) is 0 Å². The van der Waals surface area contributed by atoms with E-state index in [2.05, 4.69) is 15.9 Å². The Morgan fingerprint density at radius 2 is 2.08 bits per heavy atom. The summed E-state index contributed by atoms with van der Waals surface area (Å²) in [7, 11) is 0. The topological polar surface area (TPSA) is 0 Å². The molecule has 70 valence electrons. The lowest BCUT2D eigenvalue weighted by atomic mass is 10.0. The molecule has 0 nitrogen and oxygen atoms in total. The van der Waals surface area contributed by atoms with Gasteiger partial charge in [-0.05, 0) is 30.5 Å². The van der Waals surface area contributed by atoms with Gasteiger partial charge >= 0.3 is 0 Å². The smallest absolute Gasteiger partial charge is 0.201 e. The summed E-state index contributed by atoms with van der Waals surface area (Å²) in [6.07, 6.45) is 0.454. The van der Waals surface area contributed by atoms with Gasteiger partial charge in [0.15, 0.2) is 0 Å². The van der Waals surface area contributed by atoms with Gasteiger partial charge in [-0.1, -0.05) is 22.0 Å². The predicted octanol–water partition coefficient (Wildman–Crippen LogP) is 3.80. The van der Waals surface area contributed by atoms with E-state index in [1.165, 1.54) is 0 Å². The van der Waals surface area contributed by atoms with E-state index in [-0.39, 0.29) is 12.0 Å². The molecule has 0 bridgehead atoms. The van der Waals surface area contributed by atoms with Crippen molar-refractivity contribution in [2.45, 2.75) is 25.7 Å². The van der Waals surface area contributed by atoms with Crippen LogP contribution in [0.25, 0.3) is 0 Å². The Kier molecular flexibility index (Phi) is 1.95. The third kappa shape index (κ3) is 1.30. The first kappa shape index (κ1) is 9.13. The summed E-state index contributed by atoms with van der Waals surface area (Å²) < 4.78 is 27.5. The number of benzene rings is 1. The largest absolute Gasteiger partial charge is 0.274 e. The summed E-state index contributed by atoms with van der Waals surface area (Å²) in [5.74, 6) is -2.62. The highest BCUT2D eigenvalue weighted by Gasteiger charge is 2.40. The molecule has 0 amide bonds. The van der Waals surface area contributed by atoms with Gasteiger partial charge in [0, 0.05) is 16.5 Å². The van der Waals surface area contributed by atoms with Crippen molar-refractivity contribution in [3.63, 3.8) is 0 Å². The molecule has 0 aromatic heterocycles. The highest BCUT2D eigenvalue weighted by atomic mass is 79.9. The van der Waals surface area contributed by atoms with Crippen LogP contribution in [0.4, 0.5) is 8.78 Å². The van der Waals surface area contributed by atoms with Crippen LogP contribution < -0.4 is 0 Å². The van der Waals surface area contributed by atoms with E-state index in [0.29, 0.717) is 12.0 Å². The second-order valence-corrected chi connectivity index (χ2v) is 4.27. The van der Waals surface area contributed by atoms with Crippen LogP contribution in [0.1, 0.15) is 23.1 Å². The van der Waals surface area contributed by atoms with Crippen LogP contribution in [0.5, 0.6) is 0 Å². The second-order valence-electron chi connectivity index (χ2n) is 3.41. The van der Waals surface area contributed by atoms with Gasteiger partial charge in [0.2, 0.25) is 0 Å². The molecule has 1 aromatic rings. The van der Waals surface area contributed by atoms with E-state index in [4.69, 9.17) is 0 Å². The molecule has 2 rings (SSSR count). The van der Waals surface area contributed by atoms with Gasteiger partial charge in [0.05, 0.1) is 0 Å². The lowest BCUT2D eigenvalue weighted by Crippen LogP contribution is -2.09. The normalized spacial score (nSPS) is 18.8. The number of hydrogen-bond acceptors (Lipinski definition) is 0. The predicted molar refractivity (Wildman–Crippen MR) is 51.1 cm³/mol. The lowest BCUT2D eigenvalue weighted by Gasteiger charge is -2.13. The maximum atomic E-state index is 13.4. The van der Waals surface area contributed by atoms with Gasteiger partial charge in [-0.3, -0.25) is 0 Å². The van der Waals surface area contributed by atoms with Gasteiger partial charge < -0.3 is 0 Å². The van der Waals surface area contributed by atoms with Crippen LogP contribution in [-0.4, -0.2) is 0 Å². The monoisotopic (exact) mass is 246 g/mol. The van der Waals surface area contributed by atoms with Crippen LogP contribution in [0.3, 0.4) is 0 Å². The van der Waals surface area contributed by atoms with Crippen molar-refractivity contribution < 1.29 is 8.78 Å². The van der Waals surface area contributed by atoms with E-state index in [0.717, 1.165) is 10.0 Å². The summed E-state index contributed by atoms with van der Waals surface area (Å²) >= 11 is 3.27. The number of aryl methyl sites for hydroxylation is 1. The third-order valence-electron chi connectivity index (χ3n) is 2.56. The quantitative estimate of drug-likeness (QED) is 0.654. The first-order valence-electron chi connectivity index (χ1n) is 4.18. The fourth-order valence-electron chi connectivity index (χ4n) is 1.88. The maximum Gasteiger partial charge on any atom is 0.274 e.